The van der Waals surface area contributed by atoms with Gasteiger partial charge in [0.2, 0.25) is 0 Å². The van der Waals surface area contributed by atoms with Gasteiger partial charge in [-0.25, -0.2) is 0 Å². The van der Waals surface area contributed by atoms with Crippen LogP contribution in [0.15, 0.2) is 0 Å². The van der Waals surface area contributed by atoms with Gasteiger partial charge in [0, 0.05) is 32.7 Å². The maximum Gasteiger partial charge on any atom is 0.303 e. The molecule has 0 saturated carbocycles. The van der Waals surface area contributed by atoms with Crippen LogP contribution in [0.3, 0.4) is 0 Å². The molecule has 1 atom stereocenters. The molecule has 0 aliphatic carbocycles. The lowest BCUT2D eigenvalue weighted by atomic mass is 9.99. The highest BCUT2D eigenvalue weighted by Gasteiger charge is 2.15. The number of carboxylic acid groups (broad SMARTS) is 1. The van der Waals surface area contributed by atoms with Crippen LogP contribution in [0, 0.1) is 5.92 Å². The lowest BCUT2D eigenvalue weighted by Gasteiger charge is -2.21. The third-order valence-corrected chi connectivity index (χ3v) is 3.30. The molecular formula is C14H30N2O2. The van der Waals surface area contributed by atoms with Crippen LogP contribution in [0.25, 0.3) is 0 Å². The molecule has 1 aliphatic heterocycles. The van der Waals surface area contributed by atoms with Gasteiger partial charge in [0.1, 0.15) is 0 Å². The zero-order chi connectivity index (χ0) is 13.8. The predicted molar refractivity (Wildman–Crippen MR) is 75.7 cm³/mol. The van der Waals surface area contributed by atoms with Crippen LogP contribution in [0.2, 0.25) is 0 Å². The third-order valence-electron chi connectivity index (χ3n) is 3.30. The molecule has 0 aromatic rings. The van der Waals surface area contributed by atoms with Gasteiger partial charge in [0.05, 0.1) is 0 Å². The first-order valence-electron chi connectivity index (χ1n) is 7.28. The van der Waals surface area contributed by atoms with Crippen LogP contribution in [0.1, 0.15) is 52.9 Å². The van der Waals surface area contributed by atoms with Crippen molar-refractivity contribution in [2.75, 3.05) is 26.3 Å². The predicted octanol–water partition coefficient (Wildman–Crippen LogP) is 2.55. The zero-order valence-corrected chi connectivity index (χ0v) is 12.2. The van der Waals surface area contributed by atoms with Gasteiger partial charge in [-0.1, -0.05) is 40.0 Å². The molecule has 0 aromatic carbocycles. The number of unbranched alkanes of at least 4 members (excludes halogenated alkanes) is 1. The Balaban J connectivity index is 0.000000494. The van der Waals surface area contributed by atoms with E-state index < -0.39 is 5.97 Å². The maximum absolute atomic E-state index is 9.37. The number of hydrogen-bond donors (Lipinski definition) is 2. The standard InChI is InChI=1S/C11H24N2.C3H6O2/c1-3-5-6-11(4-2)9-13-8-7-12-10-13;1-2-3(4)5/h11-12H,3-10H2,1-2H3;2H2,1H3,(H,4,5). The van der Waals surface area contributed by atoms with Gasteiger partial charge in [-0.3, -0.25) is 9.69 Å². The number of hydrogen-bond acceptors (Lipinski definition) is 3. The van der Waals surface area contributed by atoms with Crippen molar-refractivity contribution < 1.29 is 9.90 Å². The van der Waals surface area contributed by atoms with Crippen LogP contribution < -0.4 is 5.32 Å². The van der Waals surface area contributed by atoms with Crippen molar-refractivity contribution in [2.24, 2.45) is 5.92 Å². The average Bonchev–Trinajstić information content (AvgIpc) is 2.88. The highest BCUT2D eigenvalue weighted by atomic mass is 16.4. The summed E-state index contributed by atoms with van der Waals surface area (Å²) < 4.78 is 0. The molecule has 1 fully saturated rings. The lowest BCUT2D eigenvalue weighted by Crippen LogP contribution is -2.28. The molecule has 2 N–H and O–H groups in total. The fraction of sp³-hybridized carbons (Fsp3) is 0.929. The largest absolute Gasteiger partial charge is 0.481 e. The summed E-state index contributed by atoms with van der Waals surface area (Å²) in [5.74, 6) is 0.185. The summed E-state index contributed by atoms with van der Waals surface area (Å²) in [6, 6.07) is 0. The topological polar surface area (TPSA) is 52.6 Å². The second-order valence-electron chi connectivity index (χ2n) is 4.90. The Labute approximate surface area is 112 Å². The molecule has 4 nitrogen and oxygen atoms in total. The summed E-state index contributed by atoms with van der Waals surface area (Å²) in [6.45, 7) is 11.1. The normalized spacial score (nSPS) is 17.1. The summed E-state index contributed by atoms with van der Waals surface area (Å²) in [5.41, 5.74) is 0. The molecule has 0 aromatic heterocycles. The average molecular weight is 258 g/mol. The highest BCUT2D eigenvalue weighted by molar-refractivity contribution is 5.66. The van der Waals surface area contributed by atoms with E-state index >= 15 is 0 Å². The molecule has 108 valence electrons. The molecule has 1 unspecified atom stereocenters. The summed E-state index contributed by atoms with van der Waals surface area (Å²) in [5, 5.41) is 11.1. The van der Waals surface area contributed by atoms with Crippen molar-refractivity contribution in [1.82, 2.24) is 10.2 Å². The fourth-order valence-electron chi connectivity index (χ4n) is 1.99. The van der Waals surface area contributed by atoms with Crippen molar-refractivity contribution in [3.05, 3.63) is 0 Å². The molecule has 0 amide bonds. The number of carbonyl (C=O) groups is 1. The van der Waals surface area contributed by atoms with Crippen LogP contribution >= 0.6 is 0 Å². The van der Waals surface area contributed by atoms with Crippen molar-refractivity contribution in [1.29, 1.82) is 0 Å². The van der Waals surface area contributed by atoms with Crippen molar-refractivity contribution in [3.63, 3.8) is 0 Å². The molecule has 1 aliphatic rings. The quantitative estimate of drug-likeness (QED) is 0.737. The van der Waals surface area contributed by atoms with Gasteiger partial charge in [0.25, 0.3) is 0 Å². The Bertz CT molecular complexity index is 204. The Morgan fingerprint density at radius 1 is 1.39 bits per heavy atom. The first-order chi connectivity index (χ1) is 8.63. The molecule has 1 saturated heterocycles. The maximum atomic E-state index is 9.37. The van der Waals surface area contributed by atoms with Crippen molar-refractivity contribution in [2.45, 2.75) is 52.9 Å². The van der Waals surface area contributed by atoms with E-state index in [9.17, 15) is 4.79 Å². The minimum Gasteiger partial charge on any atom is -0.481 e. The zero-order valence-electron chi connectivity index (χ0n) is 12.2. The van der Waals surface area contributed by atoms with E-state index in [0.29, 0.717) is 0 Å². The van der Waals surface area contributed by atoms with E-state index in [1.165, 1.54) is 45.3 Å². The van der Waals surface area contributed by atoms with Gasteiger partial charge in [-0.15, -0.1) is 0 Å². The third kappa shape index (κ3) is 9.42. The molecule has 18 heavy (non-hydrogen) atoms. The van der Waals surface area contributed by atoms with Crippen LogP contribution in [0.4, 0.5) is 0 Å². The summed E-state index contributed by atoms with van der Waals surface area (Å²) in [4.78, 5) is 11.9. The number of rotatable bonds is 7. The van der Waals surface area contributed by atoms with E-state index in [4.69, 9.17) is 5.11 Å². The first-order valence-corrected chi connectivity index (χ1v) is 7.28. The second kappa shape index (κ2) is 11.5. The van der Waals surface area contributed by atoms with Crippen molar-refractivity contribution >= 4 is 5.97 Å². The Morgan fingerprint density at radius 2 is 2.06 bits per heavy atom. The van der Waals surface area contributed by atoms with E-state index in [-0.39, 0.29) is 6.42 Å². The second-order valence-corrected chi connectivity index (χ2v) is 4.90. The molecule has 1 rings (SSSR count). The van der Waals surface area contributed by atoms with E-state index in [1.807, 2.05) is 0 Å². The Kier molecular flexibility index (Phi) is 11.1. The first kappa shape index (κ1) is 17.4. The monoisotopic (exact) mass is 258 g/mol. The smallest absolute Gasteiger partial charge is 0.303 e. The summed E-state index contributed by atoms with van der Waals surface area (Å²) in [6.07, 6.45) is 5.73. The molecule has 1 heterocycles. The summed E-state index contributed by atoms with van der Waals surface area (Å²) >= 11 is 0. The molecule has 4 heteroatoms. The van der Waals surface area contributed by atoms with Crippen LogP contribution in [-0.4, -0.2) is 42.3 Å². The highest BCUT2D eigenvalue weighted by Crippen LogP contribution is 2.14. The number of aliphatic carboxylic acids is 1. The van der Waals surface area contributed by atoms with Gasteiger partial charge in [-0.2, -0.15) is 0 Å². The van der Waals surface area contributed by atoms with Gasteiger partial charge < -0.3 is 10.4 Å². The lowest BCUT2D eigenvalue weighted by molar-refractivity contribution is -0.136. The van der Waals surface area contributed by atoms with Gasteiger partial charge in [0.15, 0.2) is 0 Å². The summed E-state index contributed by atoms with van der Waals surface area (Å²) in [7, 11) is 0. The fourth-order valence-corrected chi connectivity index (χ4v) is 1.99. The molecule has 0 bridgehead atoms. The molecule has 0 spiro atoms. The van der Waals surface area contributed by atoms with E-state index in [1.54, 1.807) is 6.92 Å². The van der Waals surface area contributed by atoms with E-state index in [0.717, 1.165) is 12.6 Å². The number of nitrogens with one attached hydrogen (secondary N) is 1. The SMILES string of the molecule is CCC(=O)O.CCCCC(CC)CN1CCNC1. The van der Waals surface area contributed by atoms with E-state index in [2.05, 4.69) is 24.1 Å². The van der Waals surface area contributed by atoms with Gasteiger partial charge in [-0.05, 0) is 12.3 Å². The van der Waals surface area contributed by atoms with Crippen molar-refractivity contribution in [3.8, 4) is 0 Å². The van der Waals surface area contributed by atoms with Gasteiger partial charge >= 0.3 is 5.97 Å². The minimum absolute atomic E-state index is 0.222. The Morgan fingerprint density at radius 3 is 2.44 bits per heavy atom. The molecule has 0 radical (unpaired) electrons. The number of nitrogens with zero attached hydrogens (tertiary/aromatic N) is 1. The van der Waals surface area contributed by atoms with Crippen LogP contribution in [0.5, 0.6) is 0 Å². The minimum atomic E-state index is -0.745. The number of carboxylic acids is 1. The van der Waals surface area contributed by atoms with Crippen LogP contribution in [-0.2, 0) is 4.79 Å². The molecular weight excluding hydrogens is 228 g/mol. The Hall–Kier alpha value is -0.610.